The van der Waals surface area contributed by atoms with Gasteiger partial charge in [-0.2, -0.15) is 0 Å². The quantitative estimate of drug-likeness (QED) is 0.800. The Bertz CT molecular complexity index is 866. The Morgan fingerprint density at radius 1 is 1.09 bits per heavy atom. The van der Waals surface area contributed by atoms with Crippen molar-refractivity contribution in [2.45, 2.75) is 26.3 Å². The lowest BCUT2D eigenvalue weighted by atomic mass is 10.0. The van der Waals surface area contributed by atoms with Crippen molar-refractivity contribution in [3.05, 3.63) is 76.2 Å². The minimum absolute atomic E-state index is 0.000648. The monoisotopic (exact) mass is 292 g/mol. The lowest BCUT2D eigenvalue weighted by Crippen LogP contribution is -2.26. The van der Waals surface area contributed by atoms with Gasteiger partial charge in [0.15, 0.2) is 0 Å². The molecule has 0 aliphatic heterocycles. The van der Waals surface area contributed by atoms with Crippen LogP contribution in [0.1, 0.15) is 30.6 Å². The number of aryl methyl sites for hydroxylation is 1. The molecule has 112 valence electrons. The van der Waals surface area contributed by atoms with Gasteiger partial charge < -0.3 is 5.73 Å². The number of aromatic nitrogens is 1. The van der Waals surface area contributed by atoms with E-state index in [1.165, 1.54) is 0 Å². The molecule has 1 atom stereocenters. The summed E-state index contributed by atoms with van der Waals surface area (Å²) >= 11 is 0. The number of nitrogens with two attached hydrogens (primary N) is 1. The van der Waals surface area contributed by atoms with Crippen LogP contribution in [0.25, 0.3) is 16.5 Å². The number of fused-ring (bicyclic) bond motifs is 1. The molecule has 0 saturated carbocycles. The Morgan fingerprint density at radius 3 is 2.50 bits per heavy atom. The van der Waals surface area contributed by atoms with Crippen LogP contribution in [-0.2, 0) is 0 Å². The Morgan fingerprint density at radius 2 is 1.82 bits per heavy atom. The normalized spacial score (nSPS) is 12.5. The summed E-state index contributed by atoms with van der Waals surface area (Å²) in [5.74, 6) is 0. The number of benzene rings is 2. The summed E-state index contributed by atoms with van der Waals surface area (Å²) in [4.78, 5) is 13.1. The molecule has 1 unspecified atom stereocenters. The van der Waals surface area contributed by atoms with E-state index in [2.05, 4.69) is 0 Å². The summed E-state index contributed by atoms with van der Waals surface area (Å²) in [7, 11) is 0. The van der Waals surface area contributed by atoms with Crippen molar-refractivity contribution in [1.82, 2.24) is 4.57 Å². The summed E-state index contributed by atoms with van der Waals surface area (Å²) in [6.45, 7) is 4.00. The van der Waals surface area contributed by atoms with Crippen LogP contribution < -0.4 is 11.3 Å². The van der Waals surface area contributed by atoms with E-state index in [4.69, 9.17) is 5.73 Å². The van der Waals surface area contributed by atoms with Gasteiger partial charge in [0.25, 0.3) is 5.56 Å². The van der Waals surface area contributed by atoms with Crippen molar-refractivity contribution in [2.75, 3.05) is 0 Å². The molecule has 22 heavy (non-hydrogen) atoms. The zero-order valence-corrected chi connectivity index (χ0v) is 12.9. The zero-order chi connectivity index (χ0) is 15.7. The second-order valence-electron chi connectivity index (χ2n) is 5.60. The fourth-order valence-corrected chi connectivity index (χ4v) is 2.88. The van der Waals surface area contributed by atoms with Crippen molar-refractivity contribution >= 4 is 10.8 Å². The SMILES string of the molecule is CCC(N)c1cc2cccc(C)c2c(=O)n1-c1ccccc1. The van der Waals surface area contributed by atoms with E-state index < -0.39 is 0 Å². The van der Waals surface area contributed by atoms with Crippen LogP contribution >= 0.6 is 0 Å². The highest BCUT2D eigenvalue weighted by Gasteiger charge is 2.16. The smallest absolute Gasteiger partial charge is 0.263 e. The molecule has 3 rings (SSSR count). The van der Waals surface area contributed by atoms with E-state index in [-0.39, 0.29) is 11.6 Å². The predicted octanol–water partition coefficient (Wildman–Crippen LogP) is 3.71. The minimum Gasteiger partial charge on any atom is -0.323 e. The number of hydrogen-bond donors (Lipinski definition) is 1. The third-order valence-electron chi connectivity index (χ3n) is 4.12. The van der Waals surface area contributed by atoms with Gasteiger partial charge in [-0.05, 0) is 42.5 Å². The molecule has 0 radical (unpaired) electrons. The molecule has 2 N–H and O–H groups in total. The molecule has 0 spiro atoms. The number of nitrogens with zero attached hydrogens (tertiary/aromatic N) is 1. The highest BCUT2D eigenvalue weighted by atomic mass is 16.1. The molecule has 1 heterocycles. The van der Waals surface area contributed by atoms with Crippen molar-refractivity contribution in [3.63, 3.8) is 0 Å². The van der Waals surface area contributed by atoms with Crippen molar-refractivity contribution in [3.8, 4) is 5.69 Å². The first kappa shape index (κ1) is 14.5. The summed E-state index contributed by atoms with van der Waals surface area (Å²) in [5, 5.41) is 1.72. The second kappa shape index (κ2) is 5.78. The van der Waals surface area contributed by atoms with Crippen molar-refractivity contribution in [2.24, 2.45) is 5.73 Å². The Labute approximate surface area is 130 Å². The molecule has 3 aromatic rings. The number of rotatable bonds is 3. The Balaban J connectivity index is 2.44. The predicted molar refractivity (Wildman–Crippen MR) is 91.5 cm³/mol. The van der Waals surface area contributed by atoms with E-state index >= 15 is 0 Å². The lowest BCUT2D eigenvalue weighted by molar-refractivity contribution is 0.650. The molecule has 2 aromatic carbocycles. The maximum atomic E-state index is 13.1. The van der Waals surface area contributed by atoms with E-state index in [0.29, 0.717) is 0 Å². The molecular formula is C19H20N2O. The van der Waals surface area contributed by atoms with Crippen LogP contribution in [0, 0.1) is 6.92 Å². The Kier molecular flexibility index (Phi) is 3.82. The molecule has 0 saturated heterocycles. The van der Waals surface area contributed by atoms with Crippen molar-refractivity contribution in [1.29, 1.82) is 0 Å². The first-order chi connectivity index (χ1) is 10.6. The average molecular weight is 292 g/mol. The summed E-state index contributed by atoms with van der Waals surface area (Å²) in [6, 6.07) is 17.5. The highest BCUT2D eigenvalue weighted by Crippen LogP contribution is 2.23. The van der Waals surface area contributed by atoms with Crippen LogP contribution in [-0.4, -0.2) is 4.57 Å². The van der Waals surface area contributed by atoms with E-state index in [0.717, 1.165) is 34.1 Å². The molecule has 3 nitrogen and oxygen atoms in total. The van der Waals surface area contributed by atoms with Gasteiger partial charge in [0.05, 0.1) is 5.39 Å². The van der Waals surface area contributed by atoms with E-state index in [1.807, 2.05) is 68.4 Å². The first-order valence-electron chi connectivity index (χ1n) is 7.59. The molecular weight excluding hydrogens is 272 g/mol. The molecule has 0 aliphatic carbocycles. The number of pyridine rings is 1. The van der Waals surface area contributed by atoms with Gasteiger partial charge in [-0.3, -0.25) is 9.36 Å². The van der Waals surface area contributed by atoms with Gasteiger partial charge in [0.2, 0.25) is 0 Å². The summed E-state index contributed by atoms with van der Waals surface area (Å²) in [6.07, 6.45) is 0.781. The second-order valence-corrected chi connectivity index (χ2v) is 5.60. The van der Waals surface area contributed by atoms with Gasteiger partial charge in [-0.1, -0.05) is 43.3 Å². The summed E-state index contributed by atoms with van der Waals surface area (Å²) < 4.78 is 1.75. The average Bonchev–Trinajstić information content (AvgIpc) is 2.54. The highest BCUT2D eigenvalue weighted by molar-refractivity contribution is 5.85. The fraction of sp³-hybridized carbons (Fsp3) is 0.211. The van der Waals surface area contributed by atoms with Gasteiger partial charge in [-0.25, -0.2) is 0 Å². The maximum Gasteiger partial charge on any atom is 0.263 e. The number of para-hydroxylation sites is 1. The van der Waals surface area contributed by atoms with Crippen LogP contribution in [0.15, 0.2) is 59.4 Å². The Hall–Kier alpha value is -2.39. The largest absolute Gasteiger partial charge is 0.323 e. The third kappa shape index (κ3) is 2.34. The van der Waals surface area contributed by atoms with Gasteiger partial charge in [0, 0.05) is 17.4 Å². The molecule has 0 amide bonds. The topological polar surface area (TPSA) is 48.0 Å². The number of hydrogen-bond acceptors (Lipinski definition) is 2. The molecule has 3 heteroatoms. The zero-order valence-electron chi connectivity index (χ0n) is 12.9. The molecule has 1 aromatic heterocycles. The molecule has 0 bridgehead atoms. The van der Waals surface area contributed by atoms with Gasteiger partial charge in [-0.15, -0.1) is 0 Å². The van der Waals surface area contributed by atoms with Crippen LogP contribution in [0.2, 0.25) is 0 Å². The third-order valence-corrected chi connectivity index (χ3v) is 4.12. The van der Waals surface area contributed by atoms with E-state index in [9.17, 15) is 4.79 Å². The van der Waals surface area contributed by atoms with Gasteiger partial charge in [0.1, 0.15) is 0 Å². The van der Waals surface area contributed by atoms with Crippen molar-refractivity contribution < 1.29 is 0 Å². The van der Waals surface area contributed by atoms with Crippen LogP contribution in [0.5, 0.6) is 0 Å². The summed E-state index contributed by atoms with van der Waals surface area (Å²) in [5.41, 5.74) is 8.98. The maximum absolute atomic E-state index is 13.1. The fourth-order valence-electron chi connectivity index (χ4n) is 2.88. The first-order valence-corrected chi connectivity index (χ1v) is 7.59. The van der Waals surface area contributed by atoms with E-state index in [1.54, 1.807) is 4.57 Å². The molecule has 0 aliphatic rings. The minimum atomic E-state index is -0.169. The lowest BCUT2D eigenvalue weighted by Gasteiger charge is -2.19. The van der Waals surface area contributed by atoms with Crippen LogP contribution in [0.3, 0.4) is 0 Å². The molecule has 0 fully saturated rings. The van der Waals surface area contributed by atoms with Gasteiger partial charge >= 0.3 is 0 Å². The van der Waals surface area contributed by atoms with Crippen LogP contribution in [0.4, 0.5) is 0 Å². The standard InChI is InChI=1S/C19H20N2O/c1-3-16(20)17-12-14-9-7-8-13(2)18(14)19(22)21(17)15-10-5-4-6-11-15/h4-12,16H,3,20H2,1-2H3.